The van der Waals surface area contributed by atoms with E-state index < -0.39 is 22.4 Å². The second kappa shape index (κ2) is 9.21. The van der Waals surface area contributed by atoms with Crippen molar-refractivity contribution < 1.29 is 22.9 Å². The van der Waals surface area contributed by atoms with Crippen LogP contribution in [0.3, 0.4) is 0 Å². The second-order valence-corrected chi connectivity index (χ2v) is 8.41. The number of nitro benzene ring substituents is 1. The second-order valence-electron chi connectivity index (χ2n) is 6.16. The number of nitrogens with one attached hydrogen (secondary N) is 1. The van der Waals surface area contributed by atoms with Gasteiger partial charge in [-0.05, 0) is 70.8 Å². The van der Waals surface area contributed by atoms with Crippen LogP contribution >= 0.6 is 34.4 Å². The van der Waals surface area contributed by atoms with Gasteiger partial charge in [0.25, 0.3) is 5.69 Å². The molecule has 1 amide bonds. The largest absolute Gasteiger partial charge is 0.416 e. The van der Waals surface area contributed by atoms with Gasteiger partial charge in [-0.25, -0.2) is 0 Å². The number of rotatable bonds is 6. The number of carbonyl (C=O) groups is 1. The molecule has 2 aromatic carbocycles. The zero-order valence-electron chi connectivity index (χ0n) is 15.7. The summed E-state index contributed by atoms with van der Waals surface area (Å²) < 4.78 is 41.5. The quantitative estimate of drug-likeness (QED) is 0.268. The Morgan fingerprint density at radius 2 is 1.90 bits per heavy atom. The fourth-order valence-corrected chi connectivity index (χ4v) is 3.87. The highest BCUT2D eigenvalue weighted by Gasteiger charge is 2.33. The molecule has 0 radical (unpaired) electrons. The minimum Gasteiger partial charge on any atom is -0.349 e. The van der Waals surface area contributed by atoms with E-state index in [0.717, 1.165) is 27.5 Å². The van der Waals surface area contributed by atoms with Crippen LogP contribution in [0.5, 0.6) is 0 Å². The van der Waals surface area contributed by atoms with Crippen LogP contribution in [-0.2, 0) is 17.5 Å². The van der Waals surface area contributed by atoms with Gasteiger partial charge in [0.15, 0.2) is 5.82 Å². The molecule has 0 fully saturated rings. The molecule has 0 bridgehead atoms. The van der Waals surface area contributed by atoms with Crippen molar-refractivity contribution in [1.29, 1.82) is 0 Å². The Balaban J connectivity index is 2.06. The SMILES string of the molecule is CC(=O)NCc1nnc(Sc2ccc(C(F)(F)F)cc2[N+](=O)[O-])n1-c1ccc(I)cc1. The molecule has 0 saturated carbocycles. The van der Waals surface area contributed by atoms with Gasteiger partial charge in [-0.2, -0.15) is 13.2 Å². The first-order valence-electron chi connectivity index (χ1n) is 8.54. The molecule has 1 N–H and O–H groups in total. The molecule has 3 rings (SSSR count). The fraction of sp³-hybridized carbons (Fsp3) is 0.167. The van der Waals surface area contributed by atoms with Crippen molar-refractivity contribution >= 4 is 45.9 Å². The Morgan fingerprint density at radius 3 is 2.48 bits per heavy atom. The number of hydrogen-bond donors (Lipinski definition) is 1. The molecule has 3 aromatic rings. The van der Waals surface area contributed by atoms with Gasteiger partial charge < -0.3 is 5.32 Å². The van der Waals surface area contributed by atoms with E-state index in [0.29, 0.717) is 17.6 Å². The molecule has 13 heteroatoms. The lowest BCUT2D eigenvalue weighted by Gasteiger charge is -2.12. The van der Waals surface area contributed by atoms with Crippen molar-refractivity contribution in [1.82, 2.24) is 20.1 Å². The number of aromatic nitrogens is 3. The zero-order valence-corrected chi connectivity index (χ0v) is 18.7. The number of benzene rings is 2. The first-order chi connectivity index (χ1) is 14.6. The van der Waals surface area contributed by atoms with Crippen LogP contribution in [0.2, 0.25) is 0 Å². The van der Waals surface area contributed by atoms with E-state index >= 15 is 0 Å². The average Bonchev–Trinajstić information content (AvgIpc) is 3.08. The van der Waals surface area contributed by atoms with E-state index in [2.05, 4.69) is 38.1 Å². The van der Waals surface area contributed by atoms with Crippen molar-refractivity contribution in [2.75, 3.05) is 0 Å². The molecule has 0 saturated heterocycles. The Kier molecular flexibility index (Phi) is 6.83. The Bertz CT molecular complexity index is 1140. The number of nitrogens with zero attached hydrogens (tertiary/aromatic N) is 4. The summed E-state index contributed by atoms with van der Waals surface area (Å²) in [5.74, 6) is 0.0678. The molecule has 0 spiro atoms. The first-order valence-corrected chi connectivity index (χ1v) is 10.4. The lowest BCUT2D eigenvalue weighted by Crippen LogP contribution is -2.21. The summed E-state index contributed by atoms with van der Waals surface area (Å²) in [5.41, 5.74) is -1.18. The number of halogens is 4. The number of nitro groups is 1. The highest BCUT2D eigenvalue weighted by Crippen LogP contribution is 2.39. The molecule has 162 valence electrons. The van der Waals surface area contributed by atoms with Gasteiger partial charge in [-0.3, -0.25) is 19.5 Å². The van der Waals surface area contributed by atoms with E-state index in [4.69, 9.17) is 0 Å². The topological polar surface area (TPSA) is 103 Å². The molecular weight excluding hydrogens is 550 g/mol. The summed E-state index contributed by atoms with van der Waals surface area (Å²) in [5, 5.41) is 22.3. The molecule has 0 aliphatic heterocycles. The maximum absolute atomic E-state index is 13.0. The van der Waals surface area contributed by atoms with Crippen LogP contribution in [0.4, 0.5) is 18.9 Å². The van der Waals surface area contributed by atoms with Crippen LogP contribution < -0.4 is 5.32 Å². The standard InChI is InChI=1S/C18H13F3IN5O3S/c1-10(28)23-9-16-24-25-17(26(16)13-5-3-12(22)4-6-13)31-15-7-2-11(18(19,20)21)8-14(15)27(29)30/h2-8H,9H2,1H3,(H,23,28). The summed E-state index contributed by atoms with van der Waals surface area (Å²) in [6.07, 6.45) is -4.71. The Hall–Kier alpha value is -2.68. The van der Waals surface area contributed by atoms with Crippen LogP contribution in [0.15, 0.2) is 52.5 Å². The van der Waals surface area contributed by atoms with Crippen molar-refractivity contribution in [3.8, 4) is 5.69 Å². The molecule has 0 aliphatic rings. The van der Waals surface area contributed by atoms with Gasteiger partial charge in [-0.1, -0.05) is 0 Å². The number of carbonyl (C=O) groups excluding carboxylic acids is 1. The molecule has 0 atom stereocenters. The summed E-state index contributed by atoms with van der Waals surface area (Å²) >= 11 is 2.94. The fourth-order valence-electron chi connectivity index (χ4n) is 2.55. The molecule has 1 aromatic heterocycles. The lowest BCUT2D eigenvalue weighted by molar-refractivity contribution is -0.388. The monoisotopic (exact) mass is 563 g/mol. The Labute approximate surface area is 191 Å². The summed E-state index contributed by atoms with van der Waals surface area (Å²) in [6.45, 7) is 1.39. The Morgan fingerprint density at radius 1 is 1.23 bits per heavy atom. The smallest absolute Gasteiger partial charge is 0.349 e. The van der Waals surface area contributed by atoms with E-state index in [1.165, 1.54) is 6.92 Å². The summed E-state index contributed by atoms with van der Waals surface area (Å²) in [7, 11) is 0. The minimum atomic E-state index is -4.71. The van der Waals surface area contributed by atoms with E-state index in [1.54, 1.807) is 16.7 Å². The normalized spacial score (nSPS) is 11.4. The van der Waals surface area contributed by atoms with E-state index in [9.17, 15) is 28.1 Å². The minimum absolute atomic E-state index is 0.0248. The van der Waals surface area contributed by atoms with Gasteiger partial charge in [0, 0.05) is 22.2 Å². The van der Waals surface area contributed by atoms with Crippen LogP contribution in [0, 0.1) is 13.7 Å². The molecule has 0 aliphatic carbocycles. The number of hydrogen-bond acceptors (Lipinski definition) is 6. The first kappa shape index (κ1) is 23.0. The van der Waals surface area contributed by atoms with Crippen LogP contribution in [0.25, 0.3) is 5.69 Å². The predicted octanol–water partition coefficient (Wildman–Crippen LogP) is 4.59. The van der Waals surface area contributed by atoms with Crippen molar-refractivity contribution in [3.63, 3.8) is 0 Å². The van der Waals surface area contributed by atoms with Gasteiger partial charge in [0.1, 0.15) is 0 Å². The lowest BCUT2D eigenvalue weighted by atomic mass is 10.2. The average molecular weight is 563 g/mol. The number of amides is 1. The van der Waals surface area contributed by atoms with Crippen molar-refractivity contribution in [2.24, 2.45) is 0 Å². The number of alkyl halides is 3. The predicted molar refractivity (Wildman–Crippen MR) is 114 cm³/mol. The van der Waals surface area contributed by atoms with Crippen molar-refractivity contribution in [3.05, 3.63) is 67.5 Å². The van der Waals surface area contributed by atoms with Gasteiger partial charge in [-0.15, -0.1) is 10.2 Å². The molecular formula is C18H13F3IN5O3S. The van der Waals surface area contributed by atoms with Gasteiger partial charge in [0.05, 0.1) is 21.9 Å². The zero-order chi connectivity index (χ0) is 22.8. The van der Waals surface area contributed by atoms with E-state index in [-0.39, 0.29) is 22.5 Å². The summed E-state index contributed by atoms with van der Waals surface area (Å²) in [4.78, 5) is 21.8. The molecule has 0 unspecified atom stereocenters. The highest BCUT2D eigenvalue weighted by molar-refractivity contribution is 14.1. The maximum Gasteiger partial charge on any atom is 0.416 e. The third-order valence-corrected chi connectivity index (χ3v) is 5.70. The third kappa shape index (κ3) is 5.52. The van der Waals surface area contributed by atoms with Gasteiger partial charge >= 0.3 is 6.18 Å². The van der Waals surface area contributed by atoms with Gasteiger partial charge in [0.2, 0.25) is 11.1 Å². The summed E-state index contributed by atoms with van der Waals surface area (Å²) in [6, 6.07) is 9.50. The van der Waals surface area contributed by atoms with Crippen molar-refractivity contribution in [2.45, 2.75) is 29.7 Å². The van der Waals surface area contributed by atoms with Crippen LogP contribution in [-0.4, -0.2) is 25.6 Å². The molecule has 31 heavy (non-hydrogen) atoms. The highest BCUT2D eigenvalue weighted by atomic mass is 127. The van der Waals surface area contributed by atoms with E-state index in [1.807, 2.05) is 12.1 Å². The van der Waals surface area contributed by atoms with Crippen LogP contribution in [0.1, 0.15) is 18.3 Å². The third-order valence-electron chi connectivity index (χ3n) is 3.96. The molecule has 1 heterocycles. The molecule has 8 nitrogen and oxygen atoms in total. The maximum atomic E-state index is 13.0.